The topological polar surface area (TPSA) is 93.7 Å². The fourth-order valence-electron chi connectivity index (χ4n) is 2.45. The van der Waals surface area contributed by atoms with Crippen molar-refractivity contribution in [2.24, 2.45) is 0 Å². The van der Waals surface area contributed by atoms with E-state index in [2.05, 4.69) is 44.3 Å². The van der Waals surface area contributed by atoms with Gasteiger partial charge in [-0.25, -0.2) is 0 Å². The minimum atomic E-state index is -2.82. The fourth-order valence-corrected chi connectivity index (χ4v) is 4.70. The first-order valence-corrected chi connectivity index (χ1v) is 11.4. The van der Waals surface area contributed by atoms with Crippen LogP contribution in [0.5, 0.6) is 0 Å². The molecule has 0 aromatic carbocycles. The summed E-state index contributed by atoms with van der Waals surface area (Å²) >= 11 is 0. The minimum Gasteiger partial charge on any atom is -0.373 e. The van der Waals surface area contributed by atoms with Gasteiger partial charge in [0.25, 0.3) is 0 Å². The number of nitrogens with zero attached hydrogens (tertiary/aromatic N) is 4. The Morgan fingerprint density at radius 2 is 1.06 bits per heavy atom. The van der Waals surface area contributed by atoms with Gasteiger partial charge in [0, 0.05) is 39.5 Å². The van der Waals surface area contributed by atoms with Crippen molar-refractivity contribution in [2.75, 3.05) is 61.2 Å². The van der Waals surface area contributed by atoms with E-state index in [0.29, 0.717) is 43.8 Å². The predicted molar refractivity (Wildman–Crippen MR) is 147 cm³/mol. The Morgan fingerprint density at radius 3 is 1.41 bits per heavy atom. The lowest BCUT2D eigenvalue weighted by molar-refractivity contribution is 0.0740. The van der Waals surface area contributed by atoms with E-state index in [1.54, 1.807) is 0 Å². The summed E-state index contributed by atoms with van der Waals surface area (Å²) in [4.78, 5) is 15.6. The maximum Gasteiger partial charge on any atom is 0.521 e. The lowest BCUT2D eigenvalue weighted by atomic mass is 10.5. The molecule has 1 aromatic heterocycles. The third kappa shape index (κ3) is 13.8. The van der Waals surface area contributed by atoms with Gasteiger partial charge >= 0.3 is 8.80 Å². The Bertz CT molecular complexity index is 505. The van der Waals surface area contributed by atoms with Crippen LogP contribution in [0.2, 0.25) is 0 Å². The molecule has 0 saturated heterocycles. The molecule has 0 fully saturated rings. The van der Waals surface area contributed by atoms with Crippen molar-refractivity contribution in [3.05, 3.63) is 0 Å². The van der Waals surface area contributed by atoms with E-state index in [9.17, 15) is 0 Å². The van der Waals surface area contributed by atoms with E-state index >= 15 is 0 Å². The molecule has 0 aliphatic carbocycles. The summed E-state index contributed by atoms with van der Waals surface area (Å²) < 4.78 is 17.6. The molecule has 1 rings (SSSR count). The zero-order valence-corrected chi connectivity index (χ0v) is 18.0. The van der Waals surface area contributed by atoms with Crippen LogP contribution in [-0.4, -0.2) is 69.4 Å². The van der Waals surface area contributed by atoms with Gasteiger partial charge in [-0.2, -0.15) is 15.0 Å². The van der Waals surface area contributed by atoms with Gasteiger partial charge in [0.1, 0.15) is 0 Å². The number of nitrogens with one attached hydrogen (secondary N) is 2. The summed E-state index contributed by atoms with van der Waals surface area (Å²) in [5.74, 6) is 1.66. The van der Waals surface area contributed by atoms with Gasteiger partial charge in [-0.15, -0.1) is 0 Å². The number of aromatic nitrogens is 3. The van der Waals surface area contributed by atoms with Crippen LogP contribution in [0.3, 0.4) is 0 Å². The third-order valence-electron chi connectivity index (χ3n) is 3.56. The van der Waals surface area contributed by atoms with E-state index in [4.69, 9.17) is 13.3 Å². The van der Waals surface area contributed by atoms with E-state index < -0.39 is 8.80 Å². The quantitative estimate of drug-likeness (QED) is 0.311. The standard InChI is InChI=1S/C16H34N6O3Si.6CH4/c1-7-17-14-19-15(21-16(20-14)22(8-2)9-3)18-13-26(23-10-4,24-11-5)25-12-6;;;;;;/h7-13H2,1-6H3,(H2,17,18,19,20,21);6*1H4. The normalized spacial score (nSPS) is 9.31. The molecule has 0 bridgehead atoms. The van der Waals surface area contributed by atoms with Crippen LogP contribution < -0.4 is 15.5 Å². The maximum absolute atomic E-state index is 5.86. The molecule has 0 amide bonds. The highest BCUT2D eigenvalue weighted by Crippen LogP contribution is 2.16. The molecule has 0 saturated carbocycles. The Kier molecular flexibility index (Phi) is 33.4. The average Bonchev–Trinajstić information content (AvgIpc) is 2.62. The van der Waals surface area contributed by atoms with Gasteiger partial charge in [0.15, 0.2) is 0 Å². The van der Waals surface area contributed by atoms with Crippen LogP contribution in [0.15, 0.2) is 0 Å². The van der Waals surface area contributed by atoms with E-state index in [1.807, 2.05) is 27.7 Å². The summed E-state index contributed by atoms with van der Waals surface area (Å²) in [6.07, 6.45) is 0.399. The zero-order chi connectivity index (χ0) is 19.4. The second-order valence-electron chi connectivity index (χ2n) is 5.32. The Hall–Kier alpha value is -1.49. The molecular weight excluding hydrogens is 424 g/mol. The second kappa shape index (κ2) is 24.2. The number of hydrogen-bond acceptors (Lipinski definition) is 9. The van der Waals surface area contributed by atoms with E-state index in [0.717, 1.165) is 19.6 Å². The lowest BCUT2D eigenvalue weighted by Crippen LogP contribution is -2.52. The smallest absolute Gasteiger partial charge is 0.373 e. The van der Waals surface area contributed by atoms with Crippen molar-refractivity contribution in [1.29, 1.82) is 0 Å². The van der Waals surface area contributed by atoms with Crippen molar-refractivity contribution < 1.29 is 13.3 Å². The highest BCUT2D eigenvalue weighted by Gasteiger charge is 2.40. The van der Waals surface area contributed by atoms with Crippen molar-refractivity contribution in [3.8, 4) is 0 Å². The largest absolute Gasteiger partial charge is 0.521 e. The highest BCUT2D eigenvalue weighted by molar-refractivity contribution is 6.61. The molecule has 32 heavy (non-hydrogen) atoms. The van der Waals surface area contributed by atoms with Crippen LogP contribution in [0.4, 0.5) is 17.8 Å². The molecule has 0 spiro atoms. The van der Waals surface area contributed by atoms with Crippen molar-refractivity contribution in [3.63, 3.8) is 0 Å². The molecule has 0 aliphatic heterocycles. The Balaban J connectivity index is -0.000000282. The third-order valence-corrected chi connectivity index (χ3v) is 6.36. The molecule has 0 atom stereocenters. The highest BCUT2D eigenvalue weighted by atomic mass is 28.4. The van der Waals surface area contributed by atoms with Gasteiger partial charge in [0.05, 0.1) is 6.17 Å². The monoisotopic (exact) mass is 482 g/mol. The van der Waals surface area contributed by atoms with Crippen LogP contribution in [0.1, 0.15) is 86.1 Å². The SMILES string of the molecule is C.C.C.C.C.C.CCNc1nc(NC[Si](OCC)(OCC)OCC)nc(N(CC)CC)n1. The first-order chi connectivity index (χ1) is 12.6. The van der Waals surface area contributed by atoms with E-state index in [-0.39, 0.29) is 44.6 Å². The average molecular weight is 483 g/mol. The second-order valence-corrected chi connectivity index (χ2v) is 7.91. The van der Waals surface area contributed by atoms with Gasteiger partial charge in [-0.1, -0.05) is 44.6 Å². The van der Waals surface area contributed by atoms with Crippen molar-refractivity contribution >= 4 is 26.6 Å². The van der Waals surface area contributed by atoms with Crippen LogP contribution in [0, 0.1) is 0 Å². The Labute approximate surface area is 202 Å². The molecule has 9 nitrogen and oxygen atoms in total. The molecule has 0 unspecified atom stereocenters. The summed E-state index contributed by atoms with van der Waals surface area (Å²) in [6, 6.07) is 0. The summed E-state index contributed by atoms with van der Waals surface area (Å²) in [5.41, 5.74) is 0. The van der Waals surface area contributed by atoms with Crippen LogP contribution in [-0.2, 0) is 13.3 Å². The zero-order valence-electron chi connectivity index (χ0n) is 17.0. The number of anilines is 3. The molecule has 1 aromatic rings. The lowest BCUT2D eigenvalue weighted by Gasteiger charge is -2.28. The van der Waals surface area contributed by atoms with Gasteiger partial charge in [-0.05, 0) is 41.5 Å². The predicted octanol–water partition coefficient (Wildman–Crippen LogP) is 5.97. The summed E-state index contributed by atoms with van der Waals surface area (Å²) in [7, 11) is -2.82. The summed E-state index contributed by atoms with van der Waals surface area (Å²) in [6.45, 7) is 15.9. The van der Waals surface area contributed by atoms with E-state index in [1.165, 1.54) is 0 Å². The fraction of sp³-hybridized carbons (Fsp3) is 0.864. The first-order valence-electron chi connectivity index (χ1n) is 9.48. The molecule has 0 aliphatic rings. The number of rotatable bonds is 14. The van der Waals surface area contributed by atoms with Crippen LogP contribution in [0.25, 0.3) is 0 Å². The maximum atomic E-state index is 5.86. The Morgan fingerprint density at radius 1 is 0.656 bits per heavy atom. The van der Waals surface area contributed by atoms with Crippen molar-refractivity contribution in [2.45, 2.75) is 86.1 Å². The molecule has 1 heterocycles. The molecule has 0 radical (unpaired) electrons. The minimum absolute atomic E-state index is 0. The molecular formula is C22H58N6O3Si. The molecule has 198 valence electrons. The van der Waals surface area contributed by atoms with Gasteiger partial charge in [-0.3, -0.25) is 0 Å². The summed E-state index contributed by atoms with van der Waals surface area (Å²) in [5, 5.41) is 6.39. The molecule has 10 heteroatoms. The molecule has 2 N–H and O–H groups in total. The van der Waals surface area contributed by atoms with Crippen molar-refractivity contribution in [1.82, 2.24) is 15.0 Å². The van der Waals surface area contributed by atoms with Crippen LogP contribution >= 0.6 is 0 Å². The van der Waals surface area contributed by atoms with Gasteiger partial charge in [0.2, 0.25) is 17.8 Å². The van der Waals surface area contributed by atoms with Gasteiger partial charge < -0.3 is 28.8 Å². The first kappa shape index (κ1) is 44.2. The number of hydrogen-bond donors (Lipinski definition) is 2.